The highest BCUT2D eigenvalue weighted by Gasteiger charge is 2.21. The van der Waals surface area contributed by atoms with Crippen LogP contribution in [0.4, 0.5) is 0 Å². The molecule has 286 valence electrons. The number of hydrogen-bond acceptors (Lipinski definition) is 4. The van der Waals surface area contributed by atoms with E-state index in [2.05, 4.69) is 168 Å². The van der Waals surface area contributed by atoms with Crippen LogP contribution in [0.2, 0.25) is 0 Å². The van der Waals surface area contributed by atoms with Gasteiger partial charge in [0.2, 0.25) is 0 Å². The Morgan fingerprint density at radius 2 is 0.717 bits per heavy atom. The summed E-state index contributed by atoms with van der Waals surface area (Å²) in [5.74, 6) is 1.44. The Bertz CT molecular complexity index is 3240. The molecule has 60 heavy (non-hydrogen) atoms. The van der Waals surface area contributed by atoms with Crippen molar-refractivity contribution in [2.45, 2.75) is 0 Å². The second-order valence-electron chi connectivity index (χ2n) is 15.0. The summed E-state index contributed by atoms with van der Waals surface area (Å²) < 4.78 is 12.0. The molecule has 0 saturated heterocycles. The van der Waals surface area contributed by atoms with Crippen LogP contribution in [-0.2, 0) is 0 Å². The lowest BCUT2D eigenvalue weighted by molar-refractivity contribution is 0.362. The van der Waals surface area contributed by atoms with Crippen LogP contribution in [0.3, 0.4) is 0 Å². The topological polar surface area (TPSA) is 75.8 Å². The molecule has 11 rings (SSSR count). The molecular formula is C54H38N4O2. The lowest BCUT2D eigenvalue weighted by Gasteiger charge is -2.16. The van der Waals surface area contributed by atoms with Crippen LogP contribution in [0, 0.1) is 0 Å². The molecule has 0 atom stereocenters. The lowest BCUT2D eigenvalue weighted by atomic mass is 9.95. The summed E-state index contributed by atoms with van der Waals surface area (Å²) in [4.78, 5) is 18.6. The van der Waals surface area contributed by atoms with Crippen molar-refractivity contribution in [3.63, 3.8) is 0 Å². The molecule has 2 aliphatic heterocycles. The van der Waals surface area contributed by atoms with Crippen molar-refractivity contribution in [2.24, 2.45) is 0 Å². The van der Waals surface area contributed by atoms with Gasteiger partial charge in [0, 0.05) is 55.1 Å². The van der Waals surface area contributed by atoms with Crippen LogP contribution < -0.4 is 9.47 Å². The summed E-state index contributed by atoms with van der Waals surface area (Å²) in [6.07, 6.45) is 8.50. The maximum Gasteiger partial charge on any atom is 0.169 e. The van der Waals surface area contributed by atoms with E-state index in [0.717, 1.165) is 117 Å². The number of aromatic amines is 2. The summed E-state index contributed by atoms with van der Waals surface area (Å²) in [6.45, 7) is 0. The highest BCUT2D eigenvalue weighted by Crippen LogP contribution is 2.45. The number of rotatable bonds is 6. The third kappa shape index (κ3) is 5.80. The molecule has 0 amide bonds. The third-order valence-corrected chi connectivity index (χ3v) is 11.6. The van der Waals surface area contributed by atoms with E-state index in [9.17, 15) is 0 Å². The second-order valence-corrected chi connectivity index (χ2v) is 15.0. The van der Waals surface area contributed by atoms with Crippen molar-refractivity contribution in [3.05, 3.63) is 181 Å². The fraction of sp³-hybridized carbons (Fsp3) is 0.0370. The first-order chi connectivity index (χ1) is 29.7. The molecule has 6 nitrogen and oxygen atoms in total. The van der Waals surface area contributed by atoms with Gasteiger partial charge in [-0.2, -0.15) is 0 Å². The number of aromatic nitrogens is 4. The first-order valence-electron chi connectivity index (χ1n) is 20.1. The van der Waals surface area contributed by atoms with Crippen LogP contribution in [0.1, 0.15) is 22.8 Å². The standard InChI is InChI=1S/C54H38N4O2/c1-59-53-38-21-13-12-20-37(38)40-32-36(22-23-39(40)54(53)60-2)52-47-30-28-45(57-47)50(34-16-8-4-9-17-34)43-26-24-41(55-43)49(33-14-6-3-7-15-33)42-25-27-44(56-42)51(35-18-10-5-11-19-35)46-29-31-48(52)58-46/h3-32,57-58H,1-2H3. The minimum atomic E-state index is 0.713. The zero-order valence-electron chi connectivity index (χ0n) is 33.0. The van der Waals surface area contributed by atoms with Crippen molar-refractivity contribution < 1.29 is 9.47 Å². The van der Waals surface area contributed by atoms with Crippen LogP contribution in [0.5, 0.6) is 11.5 Å². The van der Waals surface area contributed by atoms with Crippen molar-refractivity contribution in [1.29, 1.82) is 0 Å². The van der Waals surface area contributed by atoms with Gasteiger partial charge in [0.1, 0.15) is 0 Å². The van der Waals surface area contributed by atoms with E-state index < -0.39 is 0 Å². The summed E-state index contributed by atoms with van der Waals surface area (Å²) in [6, 6.07) is 55.1. The van der Waals surface area contributed by atoms with Crippen molar-refractivity contribution in [3.8, 4) is 56.0 Å². The summed E-state index contributed by atoms with van der Waals surface area (Å²) >= 11 is 0. The molecule has 9 aromatic rings. The van der Waals surface area contributed by atoms with Crippen LogP contribution in [0.15, 0.2) is 158 Å². The third-order valence-electron chi connectivity index (χ3n) is 11.6. The molecule has 0 spiro atoms. The Kier molecular flexibility index (Phi) is 8.48. The van der Waals surface area contributed by atoms with E-state index in [0.29, 0.717) is 5.75 Å². The number of fused-ring (bicyclic) bond motifs is 11. The quantitative estimate of drug-likeness (QED) is 0.165. The van der Waals surface area contributed by atoms with E-state index in [1.807, 2.05) is 24.3 Å². The average Bonchev–Trinajstić information content (AvgIpc) is 4.15. The van der Waals surface area contributed by atoms with E-state index in [4.69, 9.17) is 19.4 Å². The first kappa shape index (κ1) is 35.2. The zero-order chi connectivity index (χ0) is 40.2. The van der Waals surface area contributed by atoms with Gasteiger partial charge in [-0.25, -0.2) is 9.97 Å². The van der Waals surface area contributed by atoms with Crippen molar-refractivity contribution in [1.82, 2.24) is 19.9 Å². The number of ether oxygens (including phenoxy) is 2. The fourth-order valence-electron chi connectivity index (χ4n) is 8.92. The zero-order valence-corrected chi connectivity index (χ0v) is 33.0. The molecule has 0 aliphatic carbocycles. The molecule has 0 saturated carbocycles. The number of H-pyrrole nitrogens is 2. The van der Waals surface area contributed by atoms with Gasteiger partial charge in [0.05, 0.1) is 37.0 Å². The van der Waals surface area contributed by atoms with Gasteiger partial charge in [-0.05, 0) is 93.7 Å². The van der Waals surface area contributed by atoms with E-state index in [1.165, 1.54) is 0 Å². The Morgan fingerprint density at radius 3 is 1.18 bits per heavy atom. The highest BCUT2D eigenvalue weighted by atomic mass is 16.5. The van der Waals surface area contributed by atoms with E-state index in [-0.39, 0.29) is 0 Å². The van der Waals surface area contributed by atoms with Gasteiger partial charge < -0.3 is 19.4 Å². The van der Waals surface area contributed by atoms with Crippen LogP contribution in [-0.4, -0.2) is 34.2 Å². The number of hydrogen-bond donors (Lipinski definition) is 2. The molecule has 0 unspecified atom stereocenters. The van der Waals surface area contributed by atoms with Gasteiger partial charge in [-0.15, -0.1) is 0 Å². The normalized spacial score (nSPS) is 12.0. The molecule has 0 radical (unpaired) electrons. The predicted octanol–water partition coefficient (Wildman–Crippen LogP) is 13.6. The minimum Gasteiger partial charge on any atom is -0.492 e. The first-order valence-corrected chi connectivity index (χ1v) is 20.1. The Hall–Kier alpha value is -7.96. The molecule has 3 aromatic heterocycles. The maximum absolute atomic E-state index is 6.02. The van der Waals surface area contributed by atoms with Crippen LogP contribution >= 0.6 is 0 Å². The molecule has 2 aliphatic rings. The molecular weight excluding hydrogens is 737 g/mol. The molecule has 6 aromatic carbocycles. The van der Waals surface area contributed by atoms with Crippen molar-refractivity contribution >= 4 is 67.9 Å². The summed E-state index contributed by atoms with van der Waals surface area (Å²) in [7, 11) is 3.40. The second kappa shape index (κ2) is 14.5. The fourth-order valence-corrected chi connectivity index (χ4v) is 8.92. The smallest absolute Gasteiger partial charge is 0.169 e. The molecule has 8 bridgehead atoms. The highest BCUT2D eigenvalue weighted by molar-refractivity contribution is 6.15. The van der Waals surface area contributed by atoms with Gasteiger partial charge in [0.15, 0.2) is 11.5 Å². The van der Waals surface area contributed by atoms with Gasteiger partial charge in [0.25, 0.3) is 0 Å². The van der Waals surface area contributed by atoms with E-state index in [1.54, 1.807) is 14.2 Å². The van der Waals surface area contributed by atoms with Gasteiger partial charge in [-0.1, -0.05) is 121 Å². The molecule has 5 heterocycles. The Labute approximate surface area is 346 Å². The SMILES string of the molecule is COc1c(OC)c2ccc(-c3c4ccc([nH]4)c(-c4ccccc4)c4nc(c(-c5ccccc5)c5nc(c(-c6ccccc6)c6ccc3[nH]6)C=C5)C=C4)cc2c2ccccc12. The monoisotopic (exact) mass is 774 g/mol. The Balaban J connectivity index is 1.30. The predicted molar refractivity (Wildman–Crippen MR) is 249 cm³/mol. The largest absolute Gasteiger partial charge is 0.492 e. The number of nitrogens with one attached hydrogen (secondary N) is 2. The minimum absolute atomic E-state index is 0.713. The van der Waals surface area contributed by atoms with Crippen LogP contribution in [0.25, 0.3) is 112 Å². The lowest BCUT2D eigenvalue weighted by Crippen LogP contribution is -1.94. The van der Waals surface area contributed by atoms with E-state index >= 15 is 0 Å². The number of nitrogens with zero attached hydrogens (tertiary/aromatic N) is 2. The summed E-state index contributed by atoms with van der Waals surface area (Å²) in [5, 5.41) is 4.13. The number of methoxy groups -OCH3 is 2. The number of benzene rings is 6. The Morgan fingerprint density at radius 1 is 0.333 bits per heavy atom. The molecule has 0 fully saturated rings. The molecule has 6 heteroatoms. The summed E-state index contributed by atoms with van der Waals surface area (Å²) in [5.41, 5.74) is 15.5. The van der Waals surface area contributed by atoms with Gasteiger partial charge in [-0.3, -0.25) is 0 Å². The van der Waals surface area contributed by atoms with Crippen molar-refractivity contribution in [2.75, 3.05) is 14.2 Å². The van der Waals surface area contributed by atoms with Gasteiger partial charge >= 0.3 is 0 Å². The molecule has 2 N–H and O–H groups in total. The average molecular weight is 775 g/mol. The maximum atomic E-state index is 6.02.